The fourth-order valence-electron chi connectivity index (χ4n) is 2.29. The number of para-hydroxylation sites is 2. The summed E-state index contributed by atoms with van der Waals surface area (Å²) < 4.78 is 5.22. The zero-order valence-electron chi connectivity index (χ0n) is 13.8. The summed E-state index contributed by atoms with van der Waals surface area (Å²) in [4.78, 5) is 16.5. The molecule has 0 spiro atoms. The number of methoxy groups -OCH3 is 1. The summed E-state index contributed by atoms with van der Waals surface area (Å²) in [6, 6.07) is 15.8. The number of nitrogens with zero attached hydrogens (tertiary/aromatic N) is 1. The number of anilines is 3. The standard InChI is InChI=1S/C19H15Cl2N3O2/c1-26-17-8-3-2-6-14(17)24-19(25)16-10-9-12(11-22-16)23-15-7-4-5-13(20)18(15)21/h2-11,23H,1H3,(H,24,25). The van der Waals surface area contributed by atoms with Crippen LogP contribution in [0.25, 0.3) is 0 Å². The van der Waals surface area contributed by atoms with E-state index >= 15 is 0 Å². The van der Waals surface area contributed by atoms with Crippen molar-refractivity contribution in [3.63, 3.8) is 0 Å². The maximum Gasteiger partial charge on any atom is 0.274 e. The molecule has 2 N–H and O–H groups in total. The fraction of sp³-hybridized carbons (Fsp3) is 0.0526. The number of halogens is 2. The second-order valence-corrected chi connectivity index (χ2v) is 6.10. The lowest BCUT2D eigenvalue weighted by Gasteiger charge is -2.11. The Kier molecular flexibility index (Phi) is 5.61. The van der Waals surface area contributed by atoms with Crippen molar-refractivity contribution in [2.24, 2.45) is 0 Å². The van der Waals surface area contributed by atoms with E-state index < -0.39 is 0 Å². The summed E-state index contributed by atoms with van der Waals surface area (Å²) in [5, 5.41) is 6.77. The summed E-state index contributed by atoms with van der Waals surface area (Å²) in [5.41, 5.74) is 2.20. The third-order valence-electron chi connectivity index (χ3n) is 3.58. The van der Waals surface area contributed by atoms with Crippen molar-refractivity contribution in [3.8, 4) is 5.75 Å². The van der Waals surface area contributed by atoms with Crippen molar-refractivity contribution < 1.29 is 9.53 Å². The normalized spacial score (nSPS) is 10.3. The van der Waals surface area contributed by atoms with Crippen LogP contribution < -0.4 is 15.4 Å². The first-order valence-electron chi connectivity index (χ1n) is 7.70. The molecule has 0 atom stereocenters. The summed E-state index contributed by atoms with van der Waals surface area (Å²) >= 11 is 12.2. The van der Waals surface area contributed by atoms with E-state index in [2.05, 4.69) is 15.6 Å². The highest BCUT2D eigenvalue weighted by atomic mass is 35.5. The molecule has 0 saturated carbocycles. The van der Waals surface area contributed by atoms with Gasteiger partial charge in [-0.05, 0) is 36.4 Å². The lowest BCUT2D eigenvalue weighted by Crippen LogP contribution is -2.14. The third-order valence-corrected chi connectivity index (χ3v) is 4.40. The van der Waals surface area contributed by atoms with Gasteiger partial charge >= 0.3 is 0 Å². The van der Waals surface area contributed by atoms with E-state index in [9.17, 15) is 4.79 Å². The number of aromatic nitrogens is 1. The highest BCUT2D eigenvalue weighted by molar-refractivity contribution is 6.43. The SMILES string of the molecule is COc1ccccc1NC(=O)c1ccc(Nc2cccc(Cl)c2Cl)cn1. The molecule has 0 radical (unpaired) electrons. The van der Waals surface area contributed by atoms with Crippen molar-refractivity contribution in [1.29, 1.82) is 0 Å². The van der Waals surface area contributed by atoms with Gasteiger partial charge in [0, 0.05) is 0 Å². The van der Waals surface area contributed by atoms with Gasteiger partial charge in [0.25, 0.3) is 5.91 Å². The van der Waals surface area contributed by atoms with Crippen LogP contribution in [0.4, 0.5) is 17.1 Å². The number of pyridine rings is 1. The maximum absolute atomic E-state index is 12.4. The average molecular weight is 388 g/mol. The molecule has 1 amide bonds. The Morgan fingerprint density at radius 3 is 2.50 bits per heavy atom. The Balaban J connectivity index is 1.73. The van der Waals surface area contributed by atoms with Gasteiger partial charge in [-0.1, -0.05) is 41.4 Å². The lowest BCUT2D eigenvalue weighted by atomic mass is 10.2. The number of hydrogen-bond donors (Lipinski definition) is 2. The molecule has 1 aromatic heterocycles. The molecule has 5 nitrogen and oxygen atoms in total. The van der Waals surface area contributed by atoms with E-state index in [0.717, 1.165) is 0 Å². The average Bonchev–Trinajstić information content (AvgIpc) is 2.66. The minimum atomic E-state index is -0.332. The Labute approximate surface area is 160 Å². The highest BCUT2D eigenvalue weighted by Crippen LogP contribution is 2.31. The van der Waals surface area contributed by atoms with Crippen LogP contribution in [0.3, 0.4) is 0 Å². The Morgan fingerprint density at radius 2 is 1.77 bits per heavy atom. The van der Waals surface area contributed by atoms with Crippen molar-refractivity contribution >= 4 is 46.2 Å². The van der Waals surface area contributed by atoms with Crippen molar-refractivity contribution in [3.05, 3.63) is 76.5 Å². The second-order valence-electron chi connectivity index (χ2n) is 5.31. The van der Waals surface area contributed by atoms with Gasteiger partial charge in [0.15, 0.2) is 0 Å². The molecule has 3 aromatic rings. The van der Waals surface area contributed by atoms with E-state index in [1.54, 1.807) is 55.8 Å². The van der Waals surface area contributed by atoms with Crippen molar-refractivity contribution in [2.75, 3.05) is 17.7 Å². The first kappa shape index (κ1) is 18.0. The molecule has 0 aliphatic heterocycles. The number of rotatable bonds is 5. The van der Waals surface area contributed by atoms with Gasteiger partial charge in [-0.2, -0.15) is 0 Å². The van der Waals surface area contributed by atoms with Gasteiger partial charge in [0.2, 0.25) is 0 Å². The molecule has 3 rings (SSSR count). The quantitative estimate of drug-likeness (QED) is 0.615. The van der Waals surface area contributed by atoms with Crippen LogP contribution >= 0.6 is 23.2 Å². The summed E-state index contributed by atoms with van der Waals surface area (Å²) in [6.07, 6.45) is 1.55. The maximum atomic E-state index is 12.4. The van der Waals surface area contributed by atoms with E-state index in [0.29, 0.717) is 32.9 Å². The van der Waals surface area contributed by atoms with Gasteiger partial charge < -0.3 is 15.4 Å². The number of carbonyl (C=O) groups excluding carboxylic acids is 1. The predicted molar refractivity (Wildman–Crippen MR) is 105 cm³/mol. The smallest absolute Gasteiger partial charge is 0.274 e. The van der Waals surface area contributed by atoms with Crippen LogP contribution in [0.15, 0.2) is 60.8 Å². The molecule has 0 saturated heterocycles. The van der Waals surface area contributed by atoms with Crippen molar-refractivity contribution in [1.82, 2.24) is 4.98 Å². The predicted octanol–water partition coefficient (Wildman–Crippen LogP) is 5.39. The van der Waals surface area contributed by atoms with Crippen LogP contribution in [0.1, 0.15) is 10.5 Å². The molecule has 0 fully saturated rings. The number of amides is 1. The van der Waals surface area contributed by atoms with E-state index in [1.807, 2.05) is 12.1 Å². The zero-order chi connectivity index (χ0) is 18.5. The van der Waals surface area contributed by atoms with Crippen LogP contribution in [0.5, 0.6) is 5.75 Å². The molecular weight excluding hydrogens is 373 g/mol. The monoisotopic (exact) mass is 387 g/mol. The van der Waals surface area contributed by atoms with Crippen LogP contribution in [-0.4, -0.2) is 18.0 Å². The second kappa shape index (κ2) is 8.08. The van der Waals surface area contributed by atoms with Gasteiger partial charge in [0.1, 0.15) is 11.4 Å². The molecule has 0 aliphatic rings. The summed E-state index contributed by atoms with van der Waals surface area (Å²) in [5.74, 6) is 0.247. The van der Waals surface area contributed by atoms with Gasteiger partial charge in [-0.25, -0.2) is 4.98 Å². The topological polar surface area (TPSA) is 63.2 Å². The van der Waals surface area contributed by atoms with E-state index in [-0.39, 0.29) is 11.6 Å². The van der Waals surface area contributed by atoms with Crippen LogP contribution in [-0.2, 0) is 0 Å². The lowest BCUT2D eigenvalue weighted by molar-refractivity contribution is 0.102. The molecule has 2 aromatic carbocycles. The minimum absolute atomic E-state index is 0.277. The van der Waals surface area contributed by atoms with Gasteiger partial charge in [0.05, 0.1) is 40.4 Å². The number of carbonyl (C=O) groups is 1. The van der Waals surface area contributed by atoms with Crippen LogP contribution in [0, 0.1) is 0 Å². The molecule has 132 valence electrons. The third kappa shape index (κ3) is 4.07. The molecular formula is C19H15Cl2N3O2. The molecule has 7 heteroatoms. The molecule has 0 bridgehead atoms. The van der Waals surface area contributed by atoms with Gasteiger partial charge in [-0.3, -0.25) is 4.79 Å². The summed E-state index contributed by atoms with van der Waals surface area (Å²) in [7, 11) is 1.55. The molecule has 26 heavy (non-hydrogen) atoms. The van der Waals surface area contributed by atoms with Gasteiger partial charge in [-0.15, -0.1) is 0 Å². The minimum Gasteiger partial charge on any atom is -0.495 e. The van der Waals surface area contributed by atoms with E-state index in [1.165, 1.54) is 0 Å². The number of benzene rings is 2. The Hall–Kier alpha value is -2.76. The number of ether oxygens (including phenoxy) is 1. The molecule has 0 unspecified atom stereocenters. The molecule has 0 aliphatic carbocycles. The zero-order valence-corrected chi connectivity index (χ0v) is 15.3. The first-order chi connectivity index (χ1) is 12.6. The highest BCUT2D eigenvalue weighted by Gasteiger charge is 2.11. The van der Waals surface area contributed by atoms with E-state index in [4.69, 9.17) is 27.9 Å². The Morgan fingerprint density at radius 1 is 1.00 bits per heavy atom. The van der Waals surface area contributed by atoms with Crippen LogP contribution in [0.2, 0.25) is 10.0 Å². The Bertz CT molecular complexity index is 930. The number of hydrogen-bond acceptors (Lipinski definition) is 4. The van der Waals surface area contributed by atoms with Crippen molar-refractivity contribution in [2.45, 2.75) is 0 Å². The number of nitrogens with one attached hydrogen (secondary N) is 2. The fourth-order valence-corrected chi connectivity index (χ4v) is 2.64. The summed E-state index contributed by atoms with van der Waals surface area (Å²) in [6.45, 7) is 0. The first-order valence-corrected chi connectivity index (χ1v) is 8.45. The molecule has 1 heterocycles. The largest absolute Gasteiger partial charge is 0.495 e.